The van der Waals surface area contributed by atoms with Crippen LogP contribution in [0.3, 0.4) is 0 Å². The SMILES string of the molecule is FC(F)(F)c1cn(COc2ccc(Br)cc2)cc1C(F)(F)F. The first-order valence-electron chi connectivity index (χ1n) is 5.80. The minimum Gasteiger partial charge on any atom is -0.473 e. The molecule has 0 bridgehead atoms. The number of aromatic nitrogens is 1. The van der Waals surface area contributed by atoms with Crippen molar-refractivity contribution in [3.63, 3.8) is 0 Å². The fourth-order valence-corrected chi connectivity index (χ4v) is 1.98. The summed E-state index contributed by atoms with van der Waals surface area (Å²) in [5.41, 5.74) is -3.47. The molecule has 0 aliphatic rings. The molecule has 0 unspecified atom stereocenters. The van der Waals surface area contributed by atoms with Crippen molar-refractivity contribution in [3.05, 3.63) is 52.3 Å². The summed E-state index contributed by atoms with van der Waals surface area (Å²) in [6.07, 6.45) is -9.43. The number of hydrogen-bond acceptors (Lipinski definition) is 1. The molecule has 9 heteroatoms. The number of benzene rings is 1. The van der Waals surface area contributed by atoms with E-state index in [4.69, 9.17) is 4.74 Å². The second kappa shape index (κ2) is 5.86. The van der Waals surface area contributed by atoms with Crippen LogP contribution in [0.25, 0.3) is 0 Å². The molecule has 22 heavy (non-hydrogen) atoms. The van der Waals surface area contributed by atoms with Gasteiger partial charge in [0.2, 0.25) is 0 Å². The quantitative estimate of drug-likeness (QED) is 0.649. The van der Waals surface area contributed by atoms with Gasteiger partial charge in [0.05, 0.1) is 11.1 Å². The van der Waals surface area contributed by atoms with E-state index in [0.717, 1.165) is 4.47 Å². The number of halogens is 7. The number of hydrogen-bond donors (Lipinski definition) is 0. The fourth-order valence-electron chi connectivity index (χ4n) is 1.71. The van der Waals surface area contributed by atoms with Crippen molar-refractivity contribution in [2.75, 3.05) is 0 Å². The normalized spacial score (nSPS) is 12.5. The Morgan fingerprint density at radius 3 is 1.73 bits per heavy atom. The smallest absolute Gasteiger partial charge is 0.418 e. The van der Waals surface area contributed by atoms with E-state index in [2.05, 4.69) is 15.9 Å². The Balaban J connectivity index is 2.22. The predicted octanol–water partition coefficient (Wildman–Crippen LogP) is 5.32. The van der Waals surface area contributed by atoms with Crippen LogP contribution in [0.2, 0.25) is 0 Å². The van der Waals surface area contributed by atoms with Crippen LogP contribution in [0.15, 0.2) is 41.1 Å². The average molecular weight is 388 g/mol. The molecule has 0 spiro atoms. The summed E-state index contributed by atoms with van der Waals surface area (Å²) in [6.45, 7) is -0.471. The van der Waals surface area contributed by atoms with E-state index in [9.17, 15) is 26.3 Å². The van der Waals surface area contributed by atoms with Crippen molar-refractivity contribution in [3.8, 4) is 5.75 Å². The van der Waals surface area contributed by atoms with Crippen LogP contribution < -0.4 is 4.74 Å². The first kappa shape index (κ1) is 16.7. The third-order valence-corrected chi connectivity index (χ3v) is 3.21. The lowest BCUT2D eigenvalue weighted by Gasteiger charge is -2.09. The number of nitrogens with zero attached hydrogens (tertiary/aromatic N) is 1. The van der Waals surface area contributed by atoms with Gasteiger partial charge in [-0.05, 0) is 24.3 Å². The molecule has 1 aromatic carbocycles. The Hall–Kier alpha value is -1.64. The van der Waals surface area contributed by atoms with Gasteiger partial charge in [-0.25, -0.2) is 0 Å². The van der Waals surface area contributed by atoms with E-state index < -0.39 is 30.2 Å². The van der Waals surface area contributed by atoms with E-state index in [1.165, 1.54) is 12.1 Å². The molecular weight excluding hydrogens is 380 g/mol. The van der Waals surface area contributed by atoms with Gasteiger partial charge in [-0.3, -0.25) is 0 Å². The molecule has 0 N–H and O–H groups in total. The van der Waals surface area contributed by atoms with Crippen molar-refractivity contribution < 1.29 is 31.1 Å². The number of alkyl halides is 6. The molecular formula is C13H8BrF6NO. The minimum absolute atomic E-state index is 0.319. The van der Waals surface area contributed by atoms with E-state index in [-0.39, 0.29) is 0 Å². The van der Waals surface area contributed by atoms with Crippen molar-refractivity contribution in [1.29, 1.82) is 0 Å². The number of rotatable bonds is 3. The van der Waals surface area contributed by atoms with Crippen LogP contribution in [0, 0.1) is 0 Å². The lowest BCUT2D eigenvalue weighted by Crippen LogP contribution is -2.13. The van der Waals surface area contributed by atoms with Crippen molar-refractivity contribution >= 4 is 15.9 Å². The summed E-state index contributed by atoms with van der Waals surface area (Å²) in [4.78, 5) is 0. The van der Waals surface area contributed by atoms with Gasteiger partial charge < -0.3 is 9.30 Å². The van der Waals surface area contributed by atoms with E-state index in [1.54, 1.807) is 12.1 Å². The Morgan fingerprint density at radius 2 is 1.32 bits per heavy atom. The standard InChI is InChI=1S/C13H8BrF6NO/c14-8-1-3-9(4-2-8)22-7-21-5-10(12(15,16)17)11(6-21)13(18,19)20/h1-6H,7H2. The molecule has 0 radical (unpaired) electrons. The molecule has 2 rings (SSSR count). The zero-order valence-corrected chi connectivity index (χ0v) is 12.3. The molecule has 0 atom stereocenters. The molecule has 2 aromatic rings. The predicted molar refractivity (Wildman–Crippen MR) is 69.2 cm³/mol. The molecule has 0 fully saturated rings. The monoisotopic (exact) mass is 387 g/mol. The molecule has 0 aliphatic carbocycles. The second-order valence-electron chi connectivity index (χ2n) is 4.32. The maximum atomic E-state index is 12.6. The van der Waals surface area contributed by atoms with Crippen molar-refractivity contribution in [1.82, 2.24) is 4.57 Å². The zero-order chi connectivity index (χ0) is 16.5. The summed E-state index contributed by atoms with van der Waals surface area (Å²) in [5, 5.41) is 0. The van der Waals surface area contributed by atoms with Gasteiger partial charge in [0, 0.05) is 16.9 Å². The first-order chi connectivity index (χ1) is 10.1. The van der Waals surface area contributed by atoms with E-state index in [0.29, 0.717) is 22.7 Å². The van der Waals surface area contributed by atoms with Gasteiger partial charge >= 0.3 is 12.4 Å². The highest BCUT2D eigenvalue weighted by Crippen LogP contribution is 2.40. The zero-order valence-electron chi connectivity index (χ0n) is 10.7. The van der Waals surface area contributed by atoms with Crippen LogP contribution in [-0.4, -0.2) is 4.57 Å². The maximum absolute atomic E-state index is 12.6. The summed E-state index contributed by atoms with van der Waals surface area (Å²) in [6, 6.07) is 6.33. The Labute approximate surface area is 129 Å². The van der Waals surface area contributed by atoms with Gasteiger partial charge in [-0.1, -0.05) is 15.9 Å². The molecule has 120 valence electrons. The largest absolute Gasteiger partial charge is 0.473 e. The van der Waals surface area contributed by atoms with Crippen LogP contribution in [0.1, 0.15) is 11.1 Å². The lowest BCUT2D eigenvalue weighted by atomic mass is 10.2. The molecule has 0 saturated heterocycles. The minimum atomic E-state index is -5.09. The van der Waals surface area contributed by atoms with Crippen LogP contribution in [0.4, 0.5) is 26.3 Å². The van der Waals surface area contributed by atoms with Gasteiger partial charge in [-0.2, -0.15) is 26.3 Å². The first-order valence-corrected chi connectivity index (χ1v) is 6.59. The van der Waals surface area contributed by atoms with Crippen LogP contribution in [-0.2, 0) is 19.1 Å². The summed E-state index contributed by atoms with van der Waals surface area (Å²) in [5.74, 6) is 0.319. The Morgan fingerprint density at radius 1 is 0.864 bits per heavy atom. The average Bonchev–Trinajstić information content (AvgIpc) is 2.82. The second-order valence-corrected chi connectivity index (χ2v) is 5.24. The molecule has 2 nitrogen and oxygen atoms in total. The van der Waals surface area contributed by atoms with Crippen molar-refractivity contribution in [2.24, 2.45) is 0 Å². The van der Waals surface area contributed by atoms with Gasteiger partial charge in [-0.15, -0.1) is 0 Å². The van der Waals surface area contributed by atoms with Crippen LogP contribution in [0.5, 0.6) is 5.75 Å². The van der Waals surface area contributed by atoms with E-state index >= 15 is 0 Å². The third kappa shape index (κ3) is 3.96. The molecule has 1 heterocycles. The number of ether oxygens (including phenoxy) is 1. The molecule has 1 aromatic heterocycles. The molecule has 0 amide bonds. The highest BCUT2D eigenvalue weighted by molar-refractivity contribution is 9.10. The summed E-state index contributed by atoms with van der Waals surface area (Å²) < 4.78 is 82.5. The fraction of sp³-hybridized carbons (Fsp3) is 0.231. The topological polar surface area (TPSA) is 14.2 Å². The third-order valence-electron chi connectivity index (χ3n) is 2.68. The Bertz CT molecular complexity index is 613. The maximum Gasteiger partial charge on any atom is 0.418 e. The van der Waals surface area contributed by atoms with Gasteiger partial charge in [0.25, 0.3) is 0 Å². The lowest BCUT2D eigenvalue weighted by molar-refractivity contribution is -0.161. The highest BCUT2D eigenvalue weighted by atomic mass is 79.9. The molecule has 0 aliphatic heterocycles. The van der Waals surface area contributed by atoms with Crippen LogP contribution >= 0.6 is 15.9 Å². The van der Waals surface area contributed by atoms with E-state index in [1.807, 2.05) is 0 Å². The summed E-state index contributed by atoms with van der Waals surface area (Å²) in [7, 11) is 0. The highest BCUT2D eigenvalue weighted by Gasteiger charge is 2.44. The molecule has 0 saturated carbocycles. The Kier molecular flexibility index (Phi) is 4.46. The summed E-state index contributed by atoms with van der Waals surface area (Å²) >= 11 is 3.19. The van der Waals surface area contributed by atoms with Crippen molar-refractivity contribution in [2.45, 2.75) is 19.1 Å². The van der Waals surface area contributed by atoms with Gasteiger partial charge in [0.1, 0.15) is 5.75 Å². The van der Waals surface area contributed by atoms with Gasteiger partial charge in [0.15, 0.2) is 6.73 Å².